The van der Waals surface area contributed by atoms with E-state index in [0.29, 0.717) is 11.7 Å². The van der Waals surface area contributed by atoms with Crippen molar-refractivity contribution in [3.63, 3.8) is 0 Å². The average molecular weight is 328 g/mol. The fourth-order valence-corrected chi connectivity index (χ4v) is 2.43. The molecule has 0 unspecified atom stereocenters. The van der Waals surface area contributed by atoms with Crippen LogP contribution in [0, 0.1) is 0 Å². The molecule has 23 heavy (non-hydrogen) atoms. The number of nitrogens with zero attached hydrogens (tertiary/aromatic N) is 1. The summed E-state index contributed by atoms with van der Waals surface area (Å²) in [5.41, 5.74) is 3.54. The first-order valence-corrected chi connectivity index (χ1v) is 8.36. The summed E-state index contributed by atoms with van der Waals surface area (Å²) < 4.78 is 5.46. The number of hydrogen-bond acceptors (Lipinski definition) is 2. The molecule has 0 spiro atoms. The van der Waals surface area contributed by atoms with Gasteiger partial charge in [-0.1, -0.05) is 31.2 Å². The third-order valence-corrected chi connectivity index (χ3v) is 4.03. The number of nitrogens with one attached hydrogen (secondary N) is 1. The van der Waals surface area contributed by atoms with Crippen molar-refractivity contribution < 1.29 is 4.74 Å². The van der Waals surface area contributed by atoms with Crippen LogP contribution in [0.1, 0.15) is 25.0 Å². The van der Waals surface area contributed by atoms with Crippen LogP contribution < -0.4 is 10.1 Å². The van der Waals surface area contributed by atoms with Crippen molar-refractivity contribution in [2.75, 3.05) is 19.0 Å². The fraction of sp³-hybridized carbons (Fsp3) is 0.316. The van der Waals surface area contributed by atoms with Gasteiger partial charge in [-0.05, 0) is 61.0 Å². The second kappa shape index (κ2) is 8.53. The maximum absolute atomic E-state index is 5.48. The van der Waals surface area contributed by atoms with Gasteiger partial charge < -0.3 is 15.0 Å². The summed E-state index contributed by atoms with van der Waals surface area (Å²) >= 11 is 5.48. The van der Waals surface area contributed by atoms with Gasteiger partial charge in [0.1, 0.15) is 5.75 Å². The van der Waals surface area contributed by atoms with Crippen LogP contribution in [-0.4, -0.2) is 23.7 Å². The smallest absolute Gasteiger partial charge is 0.173 e. The lowest BCUT2D eigenvalue weighted by molar-refractivity contribution is 0.340. The van der Waals surface area contributed by atoms with Crippen LogP contribution in [0.25, 0.3) is 0 Å². The average Bonchev–Trinajstić information content (AvgIpc) is 2.57. The summed E-state index contributed by atoms with van der Waals surface area (Å²) in [4.78, 5) is 2.03. The molecule has 0 saturated heterocycles. The van der Waals surface area contributed by atoms with Gasteiger partial charge in [-0.2, -0.15) is 0 Å². The molecule has 0 saturated carbocycles. The first-order valence-electron chi connectivity index (χ1n) is 7.95. The molecule has 0 aliphatic heterocycles. The number of hydrogen-bond donors (Lipinski definition) is 1. The van der Waals surface area contributed by atoms with Crippen molar-refractivity contribution >= 4 is 23.0 Å². The zero-order chi connectivity index (χ0) is 16.7. The molecule has 0 heterocycles. The van der Waals surface area contributed by atoms with Gasteiger partial charge in [0.25, 0.3) is 0 Å². The fourth-order valence-electron chi connectivity index (χ4n) is 2.25. The summed E-state index contributed by atoms with van der Waals surface area (Å²) in [6, 6.07) is 16.5. The Kier molecular flexibility index (Phi) is 6.41. The second-order valence-corrected chi connectivity index (χ2v) is 5.80. The Morgan fingerprint density at radius 2 is 1.61 bits per heavy atom. The highest BCUT2D eigenvalue weighted by atomic mass is 32.1. The quantitative estimate of drug-likeness (QED) is 0.790. The number of benzene rings is 2. The van der Waals surface area contributed by atoms with E-state index in [1.54, 1.807) is 0 Å². The van der Waals surface area contributed by atoms with Crippen LogP contribution in [0.15, 0.2) is 48.5 Å². The largest absolute Gasteiger partial charge is 0.494 e. The normalized spacial score (nSPS) is 10.2. The second-order valence-electron chi connectivity index (χ2n) is 5.41. The molecule has 2 aromatic carbocycles. The van der Waals surface area contributed by atoms with Crippen LogP contribution in [0.5, 0.6) is 5.75 Å². The SMILES string of the molecule is CCOc1ccc(CN(C)C(=S)Nc2ccc(CC)cc2)cc1. The highest BCUT2D eigenvalue weighted by molar-refractivity contribution is 7.80. The molecule has 0 atom stereocenters. The molecule has 0 aliphatic rings. The summed E-state index contributed by atoms with van der Waals surface area (Å²) in [5.74, 6) is 0.899. The van der Waals surface area contributed by atoms with E-state index in [0.717, 1.165) is 24.4 Å². The molecule has 2 rings (SSSR count). The molecule has 2 aromatic rings. The van der Waals surface area contributed by atoms with Gasteiger partial charge >= 0.3 is 0 Å². The van der Waals surface area contributed by atoms with Crippen molar-refractivity contribution in [1.29, 1.82) is 0 Å². The number of thiocarbonyl (C=S) groups is 1. The lowest BCUT2D eigenvalue weighted by Crippen LogP contribution is -2.30. The van der Waals surface area contributed by atoms with Crippen molar-refractivity contribution in [3.05, 3.63) is 59.7 Å². The van der Waals surface area contributed by atoms with E-state index in [-0.39, 0.29) is 0 Å². The molecule has 0 bridgehead atoms. The Morgan fingerprint density at radius 3 is 2.17 bits per heavy atom. The summed E-state index contributed by atoms with van der Waals surface area (Å²) in [7, 11) is 1.99. The maximum Gasteiger partial charge on any atom is 0.173 e. The van der Waals surface area contributed by atoms with Gasteiger partial charge in [0.05, 0.1) is 6.61 Å². The monoisotopic (exact) mass is 328 g/mol. The maximum atomic E-state index is 5.48. The molecule has 0 fully saturated rings. The molecular weight excluding hydrogens is 304 g/mol. The summed E-state index contributed by atoms with van der Waals surface area (Å²) in [6.45, 7) is 5.58. The van der Waals surface area contributed by atoms with Crippen molar-refractivity contribution in [2.24, 2.45) is 0 Å². The van der Waals surface area contributed by atoms with Crippen LogP contribution in [-0.2, 0) is 13.0 Å². The molecule has 0 amide bonds. The molecule has 122 valence electrons. The Morgan fingerprint density at radius 1 is 1.00 bits per heavy atom. The predicted octanol–water partition coefficient (Wildman–Crippen LogP) is 4.48. The van der Waals surface area contributed by atoms with Gasteiger partial charge in [0, 0.05) is 19.3 Å². The van der Waals surface area contributed by atoms with E-state index in [1.807, 2.05) is 31.0 Å². The standard InChI is InChI=1S/C19H24N2OS/c1-4-15-6-10-17(11-7-15)20-19(23)21(3)14-16-8-12-18(13-9-16)22-5-2/h6-13H,4-5,14H2,1-3H3,(H,20,23). The van der Waals surface area contributed by atoms with Gasteiger partial charge in [0.15, 0.2) is 5.11 Å². The Hall–Kier alpha value is -2.07. The minimum atomic E-state index is 0.685. The topological polar surface area (TPSA) is 24.5 Å². The molecule has 4 heteroatoms. The van der Waals surface area contributed by atoms with Crippen LogP contribution in [0.4, 0.5) is 5.69 Å². The van der Waals surface area contributed by atoms with E-state index in [4.69, 9.17) is 17.0 Å². The van der Waals surface area contributed by atoms with Crippen molar-refractivity contribution in [1.82, 2.24) is 4.90 Å². The molecule has 0 radical (unpaired) electrons. The molecule has 0 aromatic heterocycles. The Balaban J connectivity index is 1.90. The van der Waals surface area contributed by atoms with Crippen molar-refractivity contribution in [2.45, 2.75) is 26.8 Å². The highest BCUT2D eigenvalue weighted by Crippen LogP contribution is 2.15. The Bertz CT molecular complexity index is 623. The van der Waals surface area contributed by atoms with E-state index in [2.05, 4.69) is 48.6 Å². The highest BCUT2D eigenvalue weighted by Gasteiger charge is 2.06. The Labute approximate surface area is 144 Å². The van der Waals surface area contributed by atoms with Gasteiger partial charge in [-0.15, -0.1) is 0 Å². The minimum absolute atomic E-state index is 0.685. The summed E-state index contributed by atoms with van der Waals surface area (Å²) in [5, 5.41) is 3.99. The molecule has 3 nitrogen and oxygen atoms in total. The van der Waals surface area contributed by atoms with Gasteiger partial charge in [-0.3, -0.25) is 0 Å². The minimum Gasteiger partial charge on any atom is -0.494 e. The third-order valence-electron chi connectivity index (χ3n) is 3.61. The van der Waals surface area contributed by atoms with Crippen LogP contribution >= 0.6 is 12.2 Å². The first-order chi connectivity index (χ1) is 11.1. The van der Waals surface area contributed by atoms with E-state index < -0.39 is 0 Å². The van der Waals surface area contributed by atoms with E-state index in [9.17, 15) is 0 Å². The van der Waals surface area contributed by atoms with E-state index >= 15 is 0 Å². The van der Waals surface area contributed by atoms with E-state index in [1.165, 1.54) is 11.1 Å². The molecule has 1 N–H and O–H groups in total. The number of ether oxygens (including phenoxy) is 1. The van der Waals surface area contributed by atoms with Crippen LogP contribution in [0.2, 0.25) is 0 Å². The summed E-state index contributed by atoms with van der Waals surface area (Å²) in [6.07, 6.45) is 1.04. The predicted molar refractivity (Wildman–Crippen MR) is 101 cm³/mol. The lowest BCUT2D eigenvalue weighted by atomic mass is 10.1. The number of aryl methyl sites for hydroxylation is 1. The van der Waals surface area contributed by atoms with Gasteiger partial charge in [0.2, 0.25) is 0 Å². The van der Waals surface area contributed by atoms with Crippen molar-refractivity contribution in [3.8, 4) is 5.75 Å². The lowest BCUT2D eigenvalue weighted by Gasteiger charge is -2.21. The first kappa shape index (κ1) is 17.3. The van der Waals surface area contributed by atoms with Crippen LogP contribution in [0.3, 0.4) is 0 Å². The number of anilines is 1. The molecular formula is C19H24N2OS. The third kappa shape index (κ3) is 5.25. The van der Waals surface area contributed by atoms with Gasteiger partial charge in [-0.25, -0.2) is 0 Å². The number of rotatable bonds is 6. The zero-order valence-corrected chi connectivity index (χ0v) is 14.8. The zero-order valence-electron chi connectivity index (χ0n) is 14.0. The molecule has 0 aliphatic carbocycles.